The number of nitrogens with two attached hydrogens (primary N) is 1. The van der Waals surface area contributed by atoms with E-state index in [9.17, 15) is 18.5 Å². The first-order valence-corrected chi connectivity index (χ1v) is 8.60. The molecule has 7 nitrogen and oxygen atoms in total. The van der Waals surface area contributed by atoms with E-state index in [1.54, 1.807) is 13.8 Å². The summed E-state index contributed by atoms with van der Waals surface area (Å²) in [6.45, 7) is 7.15. The van der Waals surface area contributed by atoms with E-state index in [-0.39, 0.29) is 17.1 Å². The summed E-state index contributed by atoms with van der Waals surface area (Å²) in [5, 5.41) is 11.0. The van der Waals surface area contributed by atoms with E-state index in [2.05, 4.69) is 4.72 Å². The highest BCUT2D eigenvalue weighted by Gasteiger charge is 2.32. The van der Waals surface area contributed by atoms with Crippen LogP contribution in [-0.2, 0) is 10.0 Å². The Bertz CT molecular complexity index is 659. The molecule has 0 bridgehead atoms. The van der Waals surface area contributed by atoms with Gasteiger partial charge in [-0.3, -0.25) is 10.1 Å². The molecule has 0 atom stereocenters. The maximum absolute atomic E-state index is 12.7. The van der Waals surface area contributed by atoms with Gasteiger partial charge in [-0.25, -0.2) is 13.1 Å². The van der Waals surface area contributed by atoms with E-state index in [0.717, 1.165) is 6.07 Å². The van der Waals surface area contributed by atoms with Crippen LogP contribution in [0.2, 0.25) is 0 Å². The van der Waals surface area contributed by atoms with Gasteiger partial charge in [0.2, 0.25) is 10.0 Å². The Morgan fingerprint density at radius 2 is 1.82 bits per heavy atom. The average molecular weight is 329 g/mol. The summed E-state index contributed by atoms with van der Waals surface area (Å²) in [6, 6.07) is 2.46. The lowest BCUT2D eigenvalue weighted by molar-refractivity contribution is -0.385. The van der Waals surface area contributed by atoms with Gasteiger partial charge in [0.05, 0.1) is 9.82 Å². The van der Waals surface area contributed by atoms with Crippen LogP contribution in [0.5, 0.6) is 0 Å². The van der Waals surface area contributed by atoms with E-state index in [1.165, 1.54) is 6.07 Å². The predicted molar refractivity (Wildman–Crippen MR) is 85.3 cm³/mol. The number of sulfonamides is 1. The summed E-state index contributed by atoms with van der Waals surface area (Å²) < 4.78 is 28.0. The van der Waals surface area contributed by atoms with E-state index in [4.69, 9.17) is 5.73 Å². The summed E-state index contributed by atoms with van der Waals surface area (Å²) in [7, 11) is -3.90. The maximum atomic E-state index is 12.7. The van der Waals surface area contributed by atoms with Crippen molar-refractivity contribution in [2.24, 2.45) is 5.73 Å². The fraction of sp³-hybridized carbons (Fsp3) is 0.571. The molecule has 0 aliphatic heterocycles. The van der Waals surface area contributed by atoms with Crippen molar-refractivity contribution in [3.05, 3.63) is 33.4 Å². The Kier molecular flexibility index (Phi) is 5.66. The van der Waals surface area contributed by atoms with Crippen LogP contribution in [0.4, 0.5) is 5.69 Å². The number of hydrogen-bond acceptors (Lipinski definition) is 5. The zero-order valence-corrected chi connectivity index (χ0v) is 14.2. The number of benzene rings is 1. The van der Waals surface area contributed by atoms with Crippen molar-refractivity contribution >= 4 is 15.7 Å². The van der Waals surface area contributed by atoms with Crippen molar-refractivity contribution in [2.45, 2.75) is 51.0 Å². The van der Waals surface area contributed by atoms with Crippen LogP contribution >= 0.6 is 0 Å². The summed E-state index contributed by atoms with van der Waals surface area (Å²) in [4.78, 5) is 10.3. The van der Waals surface area contributed by atoms with Gasteiger partial charge >= 0.3 is 0 Å². The van der Waals surface area contributed by atoms with Crippen molar-refractivity contribution < 1.29 is 13.3 Å². The van der Waals surface area contributed by atoms with Crippen LogP contribution in [0.25, 0.3) is 0 Å². The normalized spacial score (nSPS) is 12.4. The Morgan fingerprint density at radius 3 is 2.23 bits per heavy atom. The van der Waals surface area contributed by atoms with Crippen LogP contribution in [-0.4, -0.2) is 25.4 Å². The Labute approximate surface area is 131 Å². The number of nitrogens with one attached hydrogen (secondary N) is 1. The largest absolute Gasteiger partial charge is 0.329 e. The second-order valence-electron chi connectivity index (χ2n) is 5.44. The molecule has 0 saturated carbocycles. The highest BCUT2D eigenvalue weighted by molar-refractivity contribution is 7.89. The third kappa shape index (κ3) is 3.63. The Hall–Kier alpha value is -1.51. The minimum absolute atomic E-state index is 0.0704. The molecule has 1 rings (SSSR count). The topological polar surface area (TPSA) is 115 Å². The molecule has 124 valence electrons. The van der Waals surface area contributed by atoms with Crippen LogP contribution in [0, 0.1) is 24.0 Å². The van der Waals surface area contributed by atoms with Gasteiger partial charge in [-0.15, -0.1) is 0 Å². The summed E-state index contributed by atoms with van der Waals surface area (Å²) in [5.74, 6) is 0. The fourth-order valence-electron chi connectivity index (χ4n) is 2.26. The zero-order chi connectivity index (χ0) is 17.1. The van der Waals surface area contributed by atoms with Crippen molar-refractivity contribution in [1.29, 1.82) is 0 Å². The smallest absolute Gasteiger partial charge is 0.271 e. The monoisotopic (exact) mass is 329 g/mol. The standard InChI is InChI=1S/C14H23N3O4S/c1-5-14(6-2,9-15)16-22(20,21)13-8-12(17(18)19)7-10(3)11(13)4/h7-8,16H,5-6,9,15H2,1-4H3. The molecule has 0 aliphatic rings. The number of nitro groups is 1. The third-order valence-electron chi connectivity index (χ3n) is 4.20. The molecule has 0 aromatic heterocycles. The van der Waals surface area contributed by atoms with Crippen LogP contribution in [0.15, 0.2) is 17.0 Å². The Balaban J connectivity index is 3.43. The zero-order valence-electron chi connectivity index (χ0n) is 13.3. The number of rotatable bonds is 7. The molecular weight excluding hydrogens is 306 g/mol. The van der Waals surface area contributed by atoms with Gasteiger partial charge in [-0.05, 0) is 37.8 Å². The lowest BCUT2D eigenvalue weighted by Gasteiger charge is -2.31. The van der Waals surface area contributed by atoms with Crippen molar-refractivity contribution in [3.63, 3.8) is 0 Å². The lowest BCUT2D eigenvalue weighted by atomic mass is 9.95. The summed E-state index contributed by atoms with van der Waals surface area (Å²) in [6.07, 6.45) is 1.07. The molecule has 1 aromatic rings. The van der Waals surface area contributed by atoms with E-state index in [0.29, 0.717) is 24.0 Å². The van der Waals surface area contributed by atoms with E-state index < -0.39 is 20.5 Å². The van der Waals surface area contributed by atoms with Crippen LogP contribution in [0.3, 0.4) is 0 Å². The number of nitro benzene ring substituents is 1. The number of hydrogen-bond donors (Lipinski definition) is 2. The Morgan fingerprint density at radius 1 is 1.27 bits per heavy atom. The fourth-order valence-corrected chi connectivity index (χ4v) is 4.15. The SMILES string of the molecule is CCC(CC)(CN)NS(=O)(=O)c1cc([N+](=O)[O-])cc(C)c1C. The third-order valence-corrected chi connectivity index (χ3v) is 5.90. The minimum atomic E-state index is -3.90. The van der Waals surface area contributed by atoms with Gasteiger partial charge in [0.1, 0.15) is 0 Å². The van der Waals surface area contributed by atoms with Crippen LogP contribution in [0.1, 0.15) is 37.8 Å². The van der Waals surface area contributed by atoms with Gasteiger partial charge in [0.15, 0.2) is 0 Å². The summed E-state index contributed by atoms with van der Waals surface area (Å²) >= 11 is 0. The van der Waals surface area contributed by atoms with Gasteiger partial charge in [0, 0.05) is 24.2 Å². The molecule has 0 unspecified atom stereocenters. The van der Waals surface area contributed by atoms with E-state index >= 15 is 0 Å². The highest BCUT2D eigenvalue weighted by Crippen LogP contribution is 2.27. The maximum Gasteiger partial charge on any atom is 0.271 e. The number of nitrogens with zero attached hydrogens (tertiary/aromatic N) is 1. The molecule has 1 aromatic carbocycles. The molecule has 0 spiro atoms. The van der Waals surface area contributed by atoms with Gasteiger partial charge in [0.25, 0.3) is 5.69 Å². The quantitative estimate of drug-likeness (QED) is 0.586. The lowest BCUT2D eigenvalue weighted by Crippen LogP contribution is -2.52. The molecule has 3 N–H and O–H groups in total. The molecule has 0 amide bonds. The average Bonchev–Trinajstić information content (AvgIpc) is 2.47. The molecule has 22 heavy (non-hydrogen) atoms. The van der Waals surface area contributed by atoms with Gasteiger partial charge in [-0.2, -0.15) is 0 Å². The molecule has 0 saturated heterocycles. The van der Waals surface area contributed by atoms with Crippen molar-refractivity contribution in [2.75, 3.05) is 6.54 Å². The number of non-ortho nitro benzene ring substituents is 1. The first kappa shape index (κ1) is 18.5. The summed E-state index contributed by atoms with van der Waals surface area (Å²) in [5.41, 5.74) is 5.79. The highest BCUT2D eigenvalue weighted by atomic mass is 32.2. The second kappa shape index (κ2) is 6.72. The number of aryl methyl sites for hydroxylation is 1. The molecule has 0 aliphatic carbocycles. The van der Waals surface area contributed by atoms with Crippen molar-refractivity contribution in [3.8, 4) is 0 Å². The van der Waals surface area contributed by atoms with E-state index in [1.807, 2.05) is 13.8 Å². The minimum Gasteiger partial charge on any atom is -0.329 e. The molecule has 0 fully saturated rings. The second-order valence-corrected chi connectivity index (χ2v) is 7.09. The first-order valence-electron chi connectivity index (χ1n) is 7.12. The molecular formula is C14H23N3O4S. The first-order chi connectivity index (χ1) is 10.1. The van der Waals surface area contributed by atoms with Crippen molar-refractivity contribution in [1.82, 2.24) is 4.72 Å². The molecule has 0 heterocycles. The molecule has 8 heteroatoms. The van der Waals surface area contributed by atoms with Gasteiger partial charge < -0.3 is 5.73 Å². The van der Waals surface area contributed by atoms with Crippen LogP contribution < -0.4 is 10.5 Å². The predicted octanol–water partition coefficient (Wildman–Crippen LogP) is 2.01. The van der Waals surface area contributed by atoms with Gasteiger partial charge in [-0.1, -0.05) is 13.8 Å². The molecule has 0 radical (unpaired) electrons.